The Morgan fingerprint density at radius 1 is 1.62 bits per heavy atom. The first-order chi connectivity index (χ1) is 3.91. The molecule has 50 valence electrons. The molecule has 0 aliphatic carbocycles. The van der Waals surface area contributed by atoms with Crippen LogP contribution in [0.3, 0.4) is 0 Å². The Labute approximate surface area is 56.1 Å². The summed E-state index contributed by atoms with van der Waals surface area (Å²) in [4.78, 5) is 0. The summed E-state index contributed by atoms with van der Waals surface area (Å²) in [6, 6.07) is 1.28. The van der Waals surface area contributed by atoms with Crippen molar-refractivity contribution in [2.45, 2.75) is 12.5 Å². The topological polar surface area (TPSA) is 18.5 Å². The average molecular weight is 150 g/mol. The van der Waals surface area contributed by atoms with E-state index in [1.807, 2.05) is 0 Å². The normalized spacial score (nSPS) is 11.6. The van der Waals surface area contributed by atoms with E-state index in [2.05, 4.69) is 0 Å². The molecule has 0 aromatic heterocycles. The summed E-state index contributed by atoms with van der Waals surface area (Å²) < 4.78 is 9.98. The first-order valence-electron chi connectivity index (χ1n) is 2.89. The van der Waals surface area contributed by atoms with Gasteiger partial charge in [-0.1, -0.05) is 0 Å². The van der Waals surface area contributed by atoms with Gasteiger partial charge in [-0.25, -0.2) is 0 Å². The molecule has 0 bridgehead atoms. The molecule has 4 heteroatoms. The molecule has 2 nitrogen and oxygen atoms in total. The highest BCUT2D eigenvalue weighted by atomic mass is 28.3. The van der Waals surface area contributed by atoms with Crippen LogP contribution in [0.25, 0.3) is 0 Å². The van der Waals surface area contributed by atoms with Crippen molar-refractivity contribution >= 4 is 20.2 Å². The van der Waals surface area contributed by atoms with Gasteiger partial charge >= 0.3 is 0 Å². The molecule has 0 unspecified atom stereocenters. The number of hydrogen-bond donors (Lipinski definition) is 0. The van der Waals surface area contributed by atoms with Crippen molar-refractivity contribution in [1.29, 1.82) is 0 Å². The fourth-order valence-electron chi connectivity index (χ4n) is 0.493. The highest BCUT2D eigenvalue weighted by Crippen LogP contribution is 1.87. The minimum absolute atomic E-state index is 0.117. The van der Waals surface area contributed by atoms with Crippen LogP contribution < -0.4 is 0 Å². The fourth-order valence-corrected chi connectivity index (χ4v) is 2.06. The van der Waals surface area contributed by atoms with Gasteiger partial charge in [0.25, 0.3) is 0 Å². The maximum Gasteiger partial charge on any atom is 0.145 e. The summed E-state index contributed by atoms with van der Waals surface area (Å²) in [7, 11) is 2.55. The van der Waals surface area contributed by atoms with Crippen LogP contribution in [0.1, 0.15) is 6.42 Å². The quantitative estimate of drug-likeness (QED) is 0.363. The van der Waals surface area contributed by atoms with Gasteiger partial charge in [0.15, 0.2) is 0 Å². The van der Waals surface area contributed by atoms with Crippen molar-refractivity contribution in [2.75, 3.05) is 13.7 Å². The van der Waals surface area contributed by atoms with E-state index in [4.69, 9.17) is 8.85 Å². The van der Waals surface area contributed by atoms with Gasteiger partial charge in [0.2, 0.25) is 0 Å². The monoisotopic (exact) mass is 150 g/mol. The Balaban J connectivity index is 2.53. The van der Waals surface area contributed by atoms with Crippen molar-refractivity contribution in [3.05, 3.63) is 0 Å². The van der Waals surface area contributed by atoms with Crippen molar-refractivity contribution in [1.82, 2.24) is 0 Å². The van der Waals surface area contributed by atoms with Gasteiger partial charge in [-0.2, -0.15) is 0 Å². The maximum absolute atomic E-state index is 5.11. The van der Waals surface area contributed by atoms with Crippen LogP contribution in [0.2, 0.25) is 6.04 Å². The molecular weight excluding hydrogens is 136 g/mol. The molecule has 0 aliphatic heterocycles. The SMILES string of the molecule is COCCC[SiH2]O[SiH3]. The molecule has 0 aliphatic rings. The van der Waals surface area contributed by atoms with E-state index >= 15 is 0 Å². The Kier molecular flexibility index (Phi) is 7.68. The number of rotatable bonds is 5. The van der Waals surface area contributed by atoms with Crippen LogP contribution in [0, 0.1) is 0 Å². The summed E-state index contributed by atoms with van der Waals surface area (Å²) in [5.41, 5.74) is 0. The van der Waals surface area contributed by atoms with Gasteiger partial charge in [-0.15, -0.1) is 0 Å². The van der Waals surface area contributed by atoms with Crippen LogP contribution in [-0.4, -0.2) is 34.0 Å². The molecule has 0 saturated heterocycles. The van der Waals surface area contributed by atoms with Crippen molar-refractivity contribution in [2.24, 2.45) is 0 Å². The second-order valence-electron chi connectivity index (χ2n) is 1.69. The third-order valence-electron chi connectivity index (χ3n) is 0.947. The van der Waals surface area contributed by atoms with E-state index in [1.54, 1.807) is 7.11 Å². The van der Waals surface area contributed by atoms with E-state index in [0.29, 0.717) is 0 Å². The third-order valence-corrected chi connectivity index (χ3v) is 3.37. The molecule has 0 atom stereocenters. The number of ether oxygens (including phenoxy) is 1. The van der Waals surface area contributed by atoms with Gasteiger partial charge in [0.1, 0.15) is 20.2 Å². The van der Waals surface area contributed by atoms with E-state index in [9.17, 15) is 0 Å². The smallest absolute Gasteiger partial charge is 0.145 e. The number of methoxy groups -OCH3 is 1. The van der Waals surface area contributed by atoms with Gasteiger partial charge in [-0.05, 0) is 12.5 Å². The second kappa shape index (κ2) is 7.35. The van der Waals surface area contributed by atoms with Crippen LogP contribution in [0.15, 0.2) is 0 Å². The zero-order chi connectivity index (χ0) is 6.24. The Morgan fingerprint density at radius 3 is 2.88 bits per heavy atom. The molecule has 0 radical (unpaired) electrons. The van der Waals surface area contributed by atoms with Crippen LogP contribution in [0.5, 0.6) is 0 Å². The Hall–Kier alpha value is 0.354. The van der Waals surface area contributed by atoms with E-state index in [0.717, 1.165) is 17.1 Å². The highest BCUT2D eigenvalue weighted by Gasteiger charge is 1.84. The van der Waals surface area contributed by atoms with Crippen molar-refractivity contribution in [3.63, 3.8) is 0 Å². The predicted octanol–water partition coefficient (Wildman–Crippen LogP) is -1.18. The fraction of sp³-hybridized carbons (Fsp3) is 1.00. The van der Waals surface area contributed by atoms with Crippen molar-refractivity contribution < 1.29 is 8.85 Å². The molecule has 8 heavy (non-hydrogen) atoms. The minimum Gasteiger partial charge on any atom is -0.468 e. The van der Waals surface area contributed by atoms with Gasteiger partial charge in [0.05, 0.1) is 0 Å². The molecule has 0 N–H and O–H groups in total. The van der Waals surface area contributed by atoms with Gasteiger partial charge in [-0.3, -0.25) is 0 Å². The first kappa shape index (κ1) is 8.35. The molecule has 0 aromatic carbocycles. The summed E-state index contributed by atoms with van der Waals surface area (Å²) in [6.45, 7) is 0.901. The maximum atomic E-state index is 5.11. The lowest BCUT2D eigenvalue weighted by Gasteiger charge is -1.95. The molecule has 0 rings (SSSR count). The van der Waals surface area contributed by atoms with Crippen LogP contribution >= 0.6 is 0 Å². The van der Waals surface area contributed by atoms with Gasteiger partial charge < -0.3 is 8.85 Å². The minimum atomic E-state index is -0.117. The molecule has 0 saturated carbocycles. The predicted molar refractivity (Wildman–Crippen MR) is 40.9 cm³/mol. The zero-order valence-corrected chi connectivity index (χ0v) is 9.06. The molecule has 0 fully saturated rings. The van der Waals surface area contributed by atoms with Crippen LogP contribution in [0.4, 0.5) is 0 Å². The largest absolute Gasteiger partial charge is 0.468 e. The Morgan fingerprint density at radius 2 is 2.38 bits per heavy atom. The summed E-state index contributed by atoms with van der Waals surface area (Å²) >= 11 is 0. The Bertz CT molecular complexity index is 37.0. The lowest BCUT2D eigenvalue weighted by Crippen LogP contribution is -1.96. The third kappa shape index (κ3) is 6.35. The molecule has 0 spiro atoms. The average Bonchev–Trinajstić information content (AvgIpc) is 1.81. The summed E-state index contributed by atoms with van der Waals surface area (Å²) in [5.74, 6) is 0. The standard InChI is InChI=1S/C4H14O2Si2/c1-5-3-2-4-8-6-7/h2-4,8H2,1,7H3. The van der Waals surface area contributed by atoms with E-state index in [-0.39, 0.29) is 9.76 Å². The molecule has 0 heterocycles. The molecular formula is C4H14O2Si2. The second-order valence-corrected chi connectivity index (χ2v) is 5.12. The summed E-state index contributed by atoms with van der Waals surface area (Å²) in [6.07, 6.45) is 1.19. The molecule has 0 amide bonds. The van der Waals surface area contributed by atoms with Gasteiger partial charge in [0, 0.05) is 13.7 Å². The number of hydrogen-bond acceptors (Lipinski definition) is 2. The first-order valence-corrected chi connectivity index (χ1v) is 5.29. The zero-order valence-electron chi connectivity index (χ0n) is 5.64. The van der Waals surface area contributed by atoms with E-state index < -0.39 is 0 Å². The van der Waals surface area contributed by atoms with Crippen molar-refractivity contribution in [3.8, 4) is 0 Å². The highest BCUT2D eigenvalue weighted by molar-refractivity contribution is 6.34. The lowest BCUT2D eigenvalue weighted by atomic mass is 10.5. The molecule has 0 aromatic rings. The van der Waals surface area contributed by atoms with Crippen LogP contribution in [-0.2, 0) is 8.85 Å². The lowest BCUT2D eigenvalue weighted by molar-refractivity contribution is 0.198. The van der Waals surface area contributed by atoms with E-state index in [1.165, 1.54) is 12.5 Å². The summed E-state index contributed by atoms with van der Waals surface area (Å²) in [5, 5.41) is 0.